The van der Waals surface area contributed by atoms with Crippen LogP contribution in [0.4, 0.5) is 4.79 Å². The number of aromatic nitrogens is 3. The van der Waals surface area contributed by atoms with Crippen LogP contribution in [0.3, 0.4) is 0 Å². The third-order valence-electron chi connectivity index (χ3n) is 2.62. The van der Waals surface area contributed by atoms with Gasteiger partial charge >= 0.3 is 6.03 Å². The first-order valence-electron chi connectivity index (χ1n) is 6.10. The summed E-state index contributed by atoms with van der Waals surface area (Å²) >= 11 is 1.44. The van der Waals surface area contributed by atoms with Gasteiger partial charge in [0.25, 0.3) is 0 Å². The molecule has 0 unspecified atom stereocenters. The summed E-state index contributed by atoms with van der Waals surface area (Å²) in [5, 5.41) is 4.73. The molecule has 0 radical (unpaired) electrons. The van der Waals surface area contributed by atoms with Crippen LogP contribution in [0.1, 0.15) is 19.6 Å². The van der Waals surface area contributed by atoms with E-state index in [4.69, 9.17) is 4.42 Å². The molecule has 102 valence electrons. The lowest BCUT2D eigenvalue weighted by atomic mass is 10.5. The van der Waals surface area contributed by atoms with E-state index in [1.165, 1.54) is 22.8 Å². The van der Waals surface area contributed by atoms with Gasteiger partial charge < -0.3 is 9.32 Å². The predicted molar refractivity (Wildman–Crippen MR) is 72.0 cm³/mol. The Hall–Kier alpha value is -1.76. The van der Waals surface area contributed by atoms with Crippen LogP contribution in [0.25, 0.3) is 0 Å². The highest BCUT2D eigenvalue weighted by Gasteiger charge is 2.14. The minimum Gasteiger partial charge on any atom is -0.468 e. The number of carbonyl (C=O) groups is 1. The molecule has 0 spiro atoms. The largest absolute Gasteiger partial charge is 0.468 e. The van der Waals surface area contributed by atoms with E-state index in [1.54, 1.807) is 11.2 Å². The first-order chi connectivity index (χ1) is 9.24. The van der Waals surface area contributed by atoms with Gasteiger partial charge in [0.2, 0.25) is 5.16 Å². The Kier molecular flexibility index (Phi) is 4.62. The van der Waals surface area contributed by atoms with Gasteiger partial charge in [-0.25, -0.2) is 9.78 Å². The molecular formula is C12H16N4O2S. The molecule has 0 aromatic carbocycles. The molecule has 19 heavy (non-hydrogen) atoms. The van der Waals surface area contributed by atoms with Gasteiger partial charge in [0.1, 0.15) is 12.1 Å². The fourth-order valence-corrected chi connectivity index (χ4v) is 2.28. The summed E-state index contributed by atoms with van der Waals surface area (Å²) in [5.74, 6) is 1.51. The monoisotopic (exact) mass is 280 g/mol. The summed E-state index contributed by atoms with van der Waals surface area (Å²) < 4.78 is 6.50. The zero-order chi connectivity index (χ0) is 13.7. The highest BCUT2D eigenvalue weighted by Crippen LogP contribution is 2.18. The van der Waals surface area contributed by atoms with E-state index in [1.807, 2.05) is 26.0 Å². The molecule has 2 aromatic rings. The SMILES string of the molecule is CCN(CC)C(=O)n1cnc(SCc2ccco2)n1. The smallest absolute Gasteiger partial charge is 0.346 e. The van der Waals surface area contributed by atoms with Gasteiger partial charge in [-0.05, 0) is 26.0 Å². The van der Waals surface area contributed by atoms with Crippen molar-refractivity contribution in [2.45, 2.75) is 24.8 Å². The average molecular weight is 280 g/mol. The summed E-state index contributed by atoms with van der Waals surface area (Å²) in [6, 6.07) is 3.58. The first-order valence-corrected chi connectivity index (χ1v) is 7.09. The number of hydrogen-bond donors (Lipinski definition) is 0. The maximum Gasteiger partial charge on any atom is 0.346 e. The number of thioether (sulfide) groups is 1. The molecule has 0 fully saturated rings. The molecule has 0 bridgehead atoms. The number of nitrogens with zero attached hydrogens (tertiary/aromatic N) is 4. The Balaban J connectivity index is 1.96. The van der Waals surface area contributed by atoms with Crippen LogP contribution in [0.5, 0.6) is 0 Å². The molecule has 1 amide bonds. The topological polar surface area (TPSA) is 64.2 Å². The Bertz CT molecular complexity index is 520. The van der Waals surface area contributed by atoms with E-state index >= 15 is 0 Å². The second kappa shape index (κ2) is 6.42. The number of hydrogen-bond acceptors (Lipinski definition) is 5. The summed E-state index contributed by atoms with van der Waals surface area (Å²) in [6.07, 6.45) is 3.08. The van der Waals surface area contributed by atoms with Crippen molar-refractivity contribution in [3.63, 3.8) is 0 Å². The maximum absolute atomic E-state index is 12.0. The first kappa shape index (κ1) is 13.7. The Labute approximate surface area is 115 Å². The van der Waals surface area contributed by atoms with Crippen molar-refractivity contribution in [1.29, 1.82) is 0 Å². The quantitative estimate of drug-likeness (QED) is 0.787. The van der Waals surface area contributed by atoms with Gasteiger partial charge in [-0.15, -0.1) is 5.10 Å². The molecule has 0 aliphatic rings. The van der Waals surface area contributed by atoms with Gasteiger partial charge in [0.15, 0.2) is 0 Å². The van der Waals surface area contributed by atoms with Gasteiger partial charge in [-0.3, -0.25) is 0 Å². The molecule has 0 N–H and O–H groups in total. The number of furan rings is 1. The summed E-state index contributed by atoms with van der Waals surface area (Å²) in [6.45, 7) is 5.18. The highest BCUT2D eigenvalue weighted by atomic mass is 32.2. The molecule has 0 saturated heterocycles. The van der Waals surface area contributed by atoms with Crippen LogP contribution in [-0.4, -0.2) is 38.8 Å². The zero-order valence-corrected chi connectivity index (χ0v) is 11.8. The van der Waals surface area contributed by atoms with Gasteiger partial charge in [0.05, 0.1) is 12.0 Å². The lowest BCUT2D eigenvalue weighted by molar-refractivity contribution is 0.201. The Morgan fingerprint density at radius 2 is 2.26 bits per heavy atom. The Morgan fingerprint density at radius 1 is 1.47 bits per heavy atom. The van der Waals surface area contributed by atoms with Crippen molar-refractivity contribution in [1.82, 2.24) is 19.7 Å². The molecule has 6 nitrogen and oxygen atoms in total. The fourth-order valence-electron chi connectivity index (χ4n) is 1.58. The van der Waals surface area contributed by atoms with Gasteiger partial charge in [-0.2, -0.15) is 4.68 Å². The minimum absolute atomic E-state index is 0.151. The maximum atomic E-state index is 12.0. The second-order valence-corrected chi connectivity index (χ2v) is 4.74. The molecular weight excluding hydrogens is 264 g/mol. The van der Waals surface area contributed by atoms with Crippen molar-refractivity contribution < 1.29 is 9.21 Å². The summed E-state index contributed by atoms with van der Waals surface area (Å²) in [5.41, 5.74) is 0. The molecule has 7 heteroatoms. The second-order valence-electron chi connectivity index (χ2n) is 3.79. The van der Waals surface area contributed by atoms with Crippen molar-refractivity contribution >= 4 is 17.8 Å². The molecule has 2 rings (SSSR count). The predicted octanol–water partition coefficient (Wildman–Crippen LogP) is 2.47. The molecule has 2 heterocycles. The summed E-state index contributed by atoms with van der Waals surface area (Å²) in [4.78, 5) is 17.8. The molecule has 0 aliphatic carbocycles. The standard InChI is InChI=1S/C12H16N4O2S/c1-3-15(4-2)12(17)16-9-13-11(14-16)19-8-10-6-5-7-18-10/h5-7,9H,3-4,8H2,1-2H3. The van der Waals surface area contributed by atoms with E-state index < -0.39 is 0 Å². The lowest BCUT2D eigenvalue weighted by Crippen LogP contribution is -2.34. The highest BCUT2D eigenvalue weighted by molar-refractivity contribution is 7.98. The third-order valence-corrected chi connectivity index (χ3v) is 3.50. The number of carbonyl (C=O) groups excluding carboxylic acids is 1. The van der Waals surface area contributed by atoms with Crippen molar-refractivity contribution in [2.75, 3.05) is 13.1 Å². The fraction of sp³-hybridized carbons (Fsp3) is 0.417. The van der Waals surface area contributed by atoms with Crippen LogP contribution in [0.2, 0.25) is 0 Å². The molecule has 2 aromatic heterocycles. The number of rotatable bonds is 5. The van der Waals surface area contributed by atoms with E-state index in [-0.39, 0.29) is 6.03 Å². The van der Waals surface area contributed by atoms with Crippen LogP contribution >= 0.6 is 11.8 Å². The molecule has 0 aliphatic heterocycles. The molecule has 0 atom stereocenters. The van der Waals surface area contributed by atoms with Crippen molar-refractivity contribution in [3.8, 4) is 0 Å². The zero-order valence-electron chi connectivity index (χ0n) is 10.9. The summed E-state index contributed by atoms with van der Waals surface area (Å²) in [7, 11) is 0. The van der Waals surface area contributed by atoms with Crippen LogP contribution in [0, 0.1) is 0 Å². The Morgan fingerprint density at radius 3 is 2.89 bits per heavy atom. The van der Waals surface area contributed by atoms with Crippen LogP contribution in [-0.2, 0) is 5.75 Å². The van der Waals surface area contributed by atoms with E-state index in [2.05, 4.69) is 10.1 Å². The minimum atomic E-state index is -0.151. The van der Waals surface area contributed by atoms with Crippen LogP contribution in [0.15, 0.2) is 34.3 Å². The molecule has 0 saturated carbocycles. The lowest BCUT2D eigenvalue weighted by Gasteiger charge is -2.17. The van der Waals surface area contributed by atoms with E-state index in [0.29, 0.717) is 24.0 Å². The van der Waals surface area contributed by atoms with Gasteiger partial charge in [0, 0.05) is 13.1 Å². The van der Waals surface area contributed by atoms with Crippen molar-refractivity contribution in [2.24, 2.45) is 0 Å². The normalized spacial score (nSPS) is 10.6. The van der Waals surface area contributed by atoms with E-state index in [9.17, 15) is 4.79 Å². The van der Waals surface area contributed by atoms with E-state index in [0.717, 1.165) is 5.76 Å². The van der Waals surface area contributed by atoms with Crippen molar-refractivity contribution in [3.05, 3.63) is 30.5 Å². The third kappa shape index (κ3) is 3.37. The average Bonchev–Trinajstić information content (AvgIpc) is 3.09. The van der Waals surface area contributed by atoms with Gasteiger partial charge in [-0.1, -0.05) is 11.8 Å². The number of amides is 1. The van der Waals surface area contributed by atoms with Crippen LogP contribution < -0.4 is 0 Å².